The molecule has 1 aromatic rings. The number of β-amino-alcohol motifs (C(OH)–C–C–N with tert-alkyl or cyclic N) is 1. The number of hydrogen-bond donors (Lipinski definition) is 2. The van der Waals surface area contributed by atoms with Gasteiger partial charge in [0.2, 0.25) is 0 Å². The number of amides is 2. The van der Waals surface area contributed by atoms with Crippen LogP contribution in [-0.4, -0.2) is 92.4 Å². The molecule has 0 saturated carbocycles. The fourth-order valence-corrected chi connectivity index (χ4v) is 3.95. The second-order valence-corrected chi connectivity index (χ2v) is 7.98. The number of likely N-dealkylation sites (tertiary alicyclic amines) is 1. The average Bonchev–Trinajstić information content (AvgIpc) is 2.74. The van der Waals surface area contributed by atoms with Gasteiger partial charge in [0.25, 0.3) is 5.92 Å². The minimum Gasteiger partial charge on any atom is -0.495 e. The second-order valence-electron chi connectivity index (χ2n) is 7.98. The summed E-state index contributed by atoms with van der Waals surface area (Å²) in [5.74, 6) is -1.80. The summed E-state index contributed by atoms with van der Waals surface area (Å²) in [4.78, 5) is 18.0. The molecule has 1 unspecified atom stereocenters. The lowest BCUT2D eigenvalue weighted by atomic mass is 10.1. The van der Waals surface area contributed by atoms with Crippen LogP contribution in [0.5, 0.6) is 5.75 Å². The molecule has 0 aromatic heterocycles. The first-order valence-corrected chi connectivity index (χ1v) is 10.6. The van der Waals surface area contributed by atoms with Gasteiger partial charge in [0, 0.05) is 65.2 Å². The molecule has 2 N–H and O–H groups in total. The maximum atomic E-state index is 13.2. The lowest BCUT2D eigenvalue weighted by Crippen LogP contribution is -2.49. The number of piperazine rings is 1. The Morgan fingerprint density at radius 2 is 1.83 bits per heavy atom. The van der Waals surface area contributed by atoms with Crippen molar-refractivity contribution < 1.29 is 23.4 Å². The van der Waals surface area contributed by atoms with E-state index in [-0.39, 0.29) is 32.0 Å². The molecule has 1 atom stereocenters. The Bertz CT molecular complexity index is 689. The first-order valence-electron chi connectivity index (χ1n) is 10.6. The van der Waals surface area contributed by atoms with Gasteiger partial charge in [-0.15, -0.1) is 0 Å². The summed E-state index contributed by atoms with van der Waals surface area (Å²) < 4.78 is 31.8. The van der Waals surface area contributed by atoms with E-state index in [4.69, 9.17) is 4.74 Å². The highest BCUT2D eigenvalue weighted by molar-refractivity contribution is 5.74. The van der Waals surface area contributed by atoms with Gasteiger partial charge in [0.15, 0.2) is 0 Å². The summed E-state index contributed by atoms with van der Waals surface area (Å²) in [6.07, 6.45) is -0.690. The molecular weight excluding hydrogens is 394 g/mol. The molecule has 2 amide bonds. The van der Waals surface area contributed by atoms with Gasteiger partial charge in [0.05, 0.1) is 18.9 Å². The van der Waals surface area contributed by atoms with Crippen LogP contribution in [0.15, 0.2) is 24.3 Å². The van der Waals surface area contributed by atoms with E-state index in [1.165, 1.54) is 4.90 Å². The Labute approximate surface area is 176 Å². The van der Waals surface area contributed by atoms with Crippen molar-refractivity contribution in [1.29, 1.82) is 0 Å². The molecule has 2 aliphatic heterocycles. The Balaban J connectivity index is 1.33. The maximum Gasteiger partial charge on any atom is 0.317 e. The van der Waals surface area contributed by atoms with Crippen LogP contribution in [0.3, 0.4) is 0 Å². The van der Waals surface area contributed by atoms with Crippen LogP contribution in [0, 0.1) is 0 Å². The van der Waals surface area contributed by atoms with Crippen molar-refractivity contribution >= 4 is 11.7 Å². The average molecular weight is 427 g/mol. The van der Waals surface area contributed by atoms with Crippen LogP contribution in [0.25, 0.3) is 0 Å². The smallest absolute Gasteiger partial charge is 0.317 e. The van der Waals surface area contributed by atoms with Crippen LogP contribution in [0.1, 0.15) is 19.3 Å². The Morgan fingerprint density at radius 3 is 2.50 bits per heavy atom. The van der Waals surface area contributed by atoms with Gasteiger partial charge in [0.1, 0.15) is 5.75 Å². The number of anilines is 1. The van der Waals surface area contributed by atoms with Crippen LogP contribution >= 0.6 is 0 Å². The number of piperidine rings is 1. The van der Waals surface area contributed by atoms with Crippen LogP contribution in [-0.2, 0) is 0 Å². The summed E-state index contributed by atoms with van der Waals surface area (Å²) >= 11 is 0. The molecular formula is C21H32F2N4O3. The largest absolute Gasteiger partial charge is 0.495 e. The van der Waals surface area contributed by atoms with E-state index >= 15 is 0 Å². The minimum atomic E-state index is -2.66. The summed E-state index contributed by atoms with van der Waals surface area (Å²) in [5.41, 5.74) is 1.08. The number of benzene rings is 1. The molecule has 2 heterocycles. The fraction of sp³-hybridized carbons (Fsp3) is 0.667. The van der Waals surface area contributed by atoms with Crippen molar-refractivity contribution in [3.8, 4) is 5.75 Å². The lowest BCUT2D eigenvalue weighted by Gasteiger charge is -2.37. The van der Waals surface area contributed by atoms with Crippen molar-refractivity contribution in [1.82, 2.24) is 15.1 Å². The van der Waals surface area contributed by atoms with Crippen molar-refractivity contribution in [2.75, 3.05) is 64.4 Å². The highest BCUT2D eigenvalue weighted by Crippen LogP contribution is 2.29. The fourth-order valence-electron chi connectivity index (χ4n) is 3.95. The Hall–Kier alpha value is -2.13. The molecule has 168 valence electrons. The highest BCUT2D eigenvalue weighted by atomic mass is 19.3. The van der Waals surface area contributed by atoms with Crippen molar-refractivity contribution in [3.05, 3.63) is 24.3 Å². The molecule has 9 heteroatoms. The van der Waals surface area contributed by atoms with E-state index in [2.05, 4.69) is 21.2 Å². The molecule has 2 aliphatic rings. The van der Waals surface area contributed by atoms with Crippen molar-refractivity contribution in [2.24, 2.45) is 0 Å². The number of ether oxygens (including phenoxy) is 1. The molecule has 0 spiro atoms. The molecule has 0 aliphatic carbocycles. The minimum absolute atomic E-state index is 0.0673. The maximum absolute atomic E-state index is 13.2. The number of halogens is 2. The first-order chi connectivity index (χ1) is 14.4. The molecule has 3 rings (SSSR count). The number of para-hydroxylation sites is 2. The van der Waals surface area contributed by atoms with Gasteiger partial charge in [-0.05, 0) is 18.6 Å². The summed E-state index contributed by atoms with van der Waals surface area (Å²) in [7, 11) is 1.67. The summed E-state index contributed by atoms with van der Waals surface area (Å²) in [6, 6.07) is 7.62. The molecule has 0 bridgehead atoms. The standard InChI is InChI=1S/C21H32F2N4O3/c1-30-19-5-3-2-4-18(19)26-14-12-25(13-15-26)16-17(28)6-9-24-20(29)27-10-7-21(22,23)8-11-27/h2-5,17,28H,6-16H2,1H3,(H,24,29). The zero-order valence-electron chi connectivity index (χ0n) is 17.5. The van der Waals surface area contributed by atoms with Gasteiger partial charge >= 0.3 is 6.03 Å². The number of aliphatic hydroxyl groups is 1. The second kappa shape index (κ2) is 10.3. The topological polar surface area (TPSA) is 68.3 Å². The number of nitrogens with one attached hydrogen (secondary N) is 1. The number of carbonyl (C=O) groups is 1. The van der Waals surface area contributed by atoms with Crippen LogP contribution < -0.4 is 15.0 Å². The van der Waals surface area contributed by atoms with E-state index in [9.17, 15) is 18.7 Å². The van der Waals surface area contributed by atoms with E-state index in [0.717, 1.165) is 37.6 Å². The molecule has 1 aromatic carbocycles. The van der Waals surface area contributed by atoms with Gasteiger partial charge in [-0.3, -0.25) is 4.90 Å². The predicted octanol–water partition coefficient (Wildman–Crippen LogP) is 2.01. The van der Waals surface area contributed by atoms with E-state index in [0.29, 0.717) is 19.5 Å². The van der Waals surface area contributed by atoms with Gasteiger partial charge in [-0.1, -0.05) is 12.1 Å². The number of nitrogens with zero attached hydrogens (tertiary/aromatic N) is 3. The van der Waals surface area contributed by atoms with Gasteiger partial charge in [-0.2, -0.15) is 0 Å². The van der Waals surface area contributed by atoms with E-state index in [1.807, 2.05) is 18.2 Å². The number of urea groups is 1. The highest BCUT2D eigenvalue weighted by Gasteiger charge is 2.35. The number of rotatable bonds is 7. The van der Waals surface area contributed by atoms with Crippen molar-refractivity contribution in [3.63, 3.8) is 0 Å². The number of methoxy groups -OCH3 is 1. The third-order valence-corrected chi connectivity index (χ3v) is 5.80. The third-order valence-electron chi connectivity index (χ3n) is 5.80. The third kappa shape index (κ3) is 6.18. The lowest BCUT2D eigenvalue weighted by molar-refractivity contribution is -0.0469. The Morgan fingerprint density at radius 1 is 1.17 bits per heavy atom. The normalized spacial score (nSPS) is 20.7. The van der Waals surface area contributed by atoms with Gasteiger partial charge in [-0.25, -0.2) is 13.6 Å². The van der Waals surface area contributed by atoms with Gasteiger partial charge < -0.3 is 25.0 Å². The quantitative estimate of drug-likeness (QED) is 0.698. The first kappa shape index (κ1) is 22.6. The van der Waals surface area contributed by atoms with Crippen LogP contribution in [0.2, 0.25) is 0 Å². The number of aliphatic hydroxyl groups excluding tert-OH is 1. The molecule has 2 fully saturated rings. The SMILES string of the molecule is COc1ccccc1N1CCN(CC(O)CCNC(=O)N2CCC(F)(F)CC2)CC1. The zero-order valence-corrected chi connectivity index (χ0v) is 17.5. The summed E-state index contributed by atoms with van der Waals surface area (Å²) in [6.45, 7) is 4.38. The molecule has 30 heavy (non-hydrogen) atoms. The molecule has 7 nitrogen and oxygen atoms in total. The molecule has 0 radical (unpaired) electrons. The van der Waals surface area contributed by atoms with Crippen LogP contribution in [0.4, 0.5) is 19.3 Å². The van der Waals surface area contributed by atoms with Crippen molar-refractivity contribution in [2.45, 2.75) is 31.3 Å². The molecule has 2 saturated heterocycles. The van der Waals surface area contributed by atoms with E-state index in [1.54, 1.807) is 7.11 Å². The zero-order chi connectivity index (χ0) is 21.6. The number of alkyl halides is 2. The summed E-state index contributed by atoms with van der Waals surface area (Å²) in [5, 5.41) is 13.0. The number of hydrogen-bond acceptors (Lipinski definition) is 5. The number of carbonyl (C=O) groups excluding carboxylic acids is 1. The monoisotopic (exact) mass is 426 g/mol. The van der Waals surface area contributed by atoms with E-state index < -0.39 is 12.0 Å². The predicted molar refractivity (Wildman–Crippen MR) is 111 cm³/mol. The Kier molecular flexibility index (Phi) is 7.71.